The number of hydrogen-bond donors (Lipinski definition) is 1. The summed E-state index contributed by atoms with van der Waals surface area (Å²) in [5.74, 6) is -3.49. The lowest BCUT2D eigenvalue weighted by Crippen LogP contribution is -2.27. The van der Waals surface area contributed by atoms with Crippen LogP contribution < -0.4 is 5.73 Å². The summed E-state index contributed by atoms with van der Waals surface area (Å²) in [5, 5.41) is 0. The zero-order valence-corrected chi connectivity index (χ0v) is 8.14. The molecule has 1 aromatic carbocycles. The lowest BCUT2D eigenvalue weighted by atomic mass is 9.77. The smallest absolute Gasteiger partial charge is 0.194 e. The van der Waals surface area contributed by atoms with Crippen molar-refractivity contribution in [3.63, 3.8) is 0 Å². The molecule has 4 heteroatoms. The maximum Gasteiger partial charge on any atom is 0.194 e. The van der Waals surface area contributed by atoms with E-state index in [1.807, 2.05) is 0 Å². The monoisotopic (exact) mass is 215 g/mol. The van der Waals surface area contributed by atoms with Crippen molar-refractivity contribution >= 4 is 0 Å². The molecule has 0 unspecified atom stereocenters. The quantitative estimate of drug-likeness (QED) is 0.754. The number of benzene rings is 1. The van der Waals surface area contributed by atoms with Crippen LogP contribution in [0.4, 0.5) is 13.2 Å². The summed E-state index contributed by atoms with van der Waals surface area (Å²) in [7, 11) is 0. The van der Waals surface area contributed by atoms with Gasteiger partial charge in [0.05, 0.1) is 0 Å². The number of halogens is 3. The highest BCUT2D eigenvalue weighted by molar-refractivity contribution is 5.23. The van der Waals surface area contributed by atoms with E-state index in [1.54, 1.807) is 0 Å². The largest absolute Gasteiger partial charge is 0.324 e. The predicted molar refractivity (Wildman–Crippen MR) is 50.6 cm³/mol. The molecule has 0 spiro atoms. The first-order valence-electron chi connectivity index (χ1n) is 4.99. The van der Waals surface area contributed by atoms with E-state index in [9.17, 15) is 13.2 Å². The normalized spacial score (nSPS) is 18.7. The Hall–Kier alpha value is -1.03. The third-order valence-corrected chi connectivity index (χ3v) is 3.05. The molecular weight excluding hydrogens is 203 g/mol. The zero-order chi connectivity index (χ0) is 11.0. The Kier molecular flexibility index (Phi) is 2.69. The van der Waals surface area contributed by atoms with Crippen LogP contribution >= 0.6 is 0 Å². The van der Waals surface area contributed by atoms with Gasteiger partial charge in [-0.05, 0) is 36.5 Å². The van der Waals surface area contributed by atoms with Gasteiger partial charge in [-0.1, -0.05) is 6.42 Å². The van der Waals surface area contributed by atoms with Crippen molar-refractivity contribution in [2.45, 2.75) is 25.3 Å². The van der Waals surface area contributed by atoms with Gasteiger partial charge in [0.15, 0.2) is 17.5 Å². The first-order chi connectivity index (χ1) is 7.09. The van der Waals surface area contributed by atoms with Gasteiger partial charge < -0.3 is 5.73 Å². The van der Waals surface area contributed by atoms with Crippen molar-refractivity contribution in [3.8, 4) is 0 Å². The van der Waals surface area contributed by atoms with Crippen LogP contribution in [-0.2, 0) is 0 Å². The van der Waals surface area contributed by atoms with Crippen LogP contribution in [0.5, 0.6) is 0 Å². The van der Waals surface area contributed by atoms with Crippen LogP contribution in [0.3, 0.4) is 0 Å². The molecule has 1 aliphatic rings. The average Bonchev–Trinajstić information content (AvgIpc) is 2.10. The van der Waals surface area contributed by atoms with Gasteiger partial charge in [0.25, 0.3) is 0 Å². The molecule has 0 aromatic heterocycles. The van der Waals surface area contributed by atoms with E-state index >= 15 is 0 Å². The van der Waals surface area contributed by atoms with E-state index in [0.717, 1.165) is 31.4 Å². The van der Waals surface area contributed by atoms with Crippen molar-refractivity contribution in [2.24, 2.45) is 11.7 Å². The summed E-state index contributed by atoms with van der Waals surface area (Å²) in [6.45, 7) is 0. The first kappa shape index (κ1) is 10.5. The molecule has 1 aliphatic carbocycles. The highest BCUT2D eigenvalue weighted by Crippen LogP contribution is 2.36. The predicted octanol–water partition coefficient (Wildman–Crippen LogP) is 2.90. The third kappa shape index (κ3) is 1.86. The van der Waals surface area contributed by atoms with Gasteiger partial charge in [-0.3, -0.25) is 0 Å². The van der Waals surface area contributed by atoms with Gasteiger partial charge in [0.2, 0.25) is 0 Å². The number of hydrogen-bond acceptors (Lipinski definition) is 1. The summed E-state index contributed by atoms with van der Waals surface area (Å²) in [6.07, 6.45) is 3.05. The van der Waals surface area contributed by atoms with E-state index in [4.69, 9.17) is 5.73 Å². The molecular formula is C11H12F3N. The molecule has 1 atom stereocenters. The van der Waals surface area contributed by atoms with E-state index in [0.29, 0.717) is 5.56 Å². The van der Waals surface area contributed by atoms with Crippen molar-refractivity contribution in [1.82, 2.24) is 0 Å². The van der Waals surface area contributed by atoms with Crippen LogP contribution in [0.2, 0.25) is 0 Å². The topological polar surface area (TPSA) is 26.0 Å². The summed E-state index contributed by atoms with van der Waals surface area (Å²) in [6, 6.07) is 1.59. The molecule has 1 saturated carbocycles. The van der Waals surface area contributed by atoms with Crippen LogP contribution in [0.25, 0.3) is 0 Å². The van der Waals surface area contributed by atoms with Crippen LogP contribution in [0.15, 0.2) is 12.1 Å². The molecule has 15 heavy (non-hydrogen) atoms. The fourth-order valence-corrected chi connectivity index (χ4v) is 1.84. The first-order valence-corrected chi connectivity index (χ1v) is 4.99. The Balaban J connectivity index is 2.27. The Bertz CT molecular complexity index is 351. The minimum atomic E-state index is -1.43. The fourth-order valence-electron chi connectivity index (χ4n) is 1.84. The van der Waals surface area contributed by atoms with E-state index in [-0.39, 0.29) is 12.0 Å². The molecule has 82 valence electrons. The number of nitrogens with two attached hydrogens (primary N) is 1. The van der Waals surface area contributed by atoms with Gasteiger partial charge in [-0.15, -0.1) is 0 Å². The molecule has 0 aliphatic heterocycles. The van der Waals surface area contributed by atoms with Crippen LogP contribution in [-0.4, -0.2) is 0 Å². The molecule has 0 saturated heterocycles. The minimum absolute atomic E-state index is 0.272. The SMILES string of the molecule is N[C@H](c1cc(F)c(F)c(F)c1)C1CCC1. The van der Waals surface area contributed by atoms with E-state index < -0.39 is 17.5 Å². The Morgan fingerprint density at radius 3 is 2.07 bits per heavy atom. The van der Waals surface area contributed by atoms with E-state index in [2.05, 4.69) is 0 Å². The second-order valence-corrected chi connectivity index (χ2v) is 4.02. The van der Waals surface area contributed by atoms with Gasteiger partial charge in [-0.2, -0.15) is 0 Å². The Morgan fingerprint density at radius 1 is 1.13 bits per heavy atom. The molecule has 2 rings (SSSR count). The van der Waals surface area contributed by atoms with Crippen molar-refractivity contribution in [2.75, 3.05) is 0 Å². The molecule has 1 aromatic rings. The lowest BCUT2D eigenvalue weighted by molar-refractivity contribution is 0.263. The molecule has 0 bridgehead atoms. The van der Waals surface area contributed by atoms with Crippen molar-refractivity contribution in [3.05, 3.63) is 35.1 Å². The summed E-state index contributed by atoms with van der Waals surface area (Å²) in [5.41, 5.74) is 6.18. The molecule has 1 nitrogen and oxygen atoms in total. The lowest BCUT2D eigenvalue weighted by Gasteiger charge is -2.31. The second-order valence-electron chi connectivity index (χ2n) is 4.02. The van der Waals surface area contributed by atoms with Gasteiger partial charge >= 0.3 is 0 Å². The van der Waals surface area contributed by atoms with Crippen LogP contribution in [0, 0.1) is 23.4 Å². The molecule has 0 heterocycles. The molecule has 1 fully saturated rings. The highest BCUT2D eigenvalue weighted by Gasteiger charge is 2.26. The summed E-state index contributed by atoms with van der Waals surface area (Å²) < 4.78 is 38.5. The Morgan fingerprint density at radius 2 is 1.67 bits per heavy atom. The fraction of sp³-hybridized carbons (Fsp3) is 0.455. The summed E-state index contributed by atoms with van der Waals surface area (Å²) >= 11 is 0. The van der Waals surface area contributed by atoms with Gasteiger partial charge in [0.1, 0.15) is 0 Å². The van der Waals surface area contributed by atoms with Gasteiger partial charge in [-0.25, -0.2) is 13.2 Å². The Labute approximate surface area is 86.1 Å². The second kappa shape index (κ2) is 3.85. The highest BCUT2D eigenvalue weighted by atomic mass is 19.2. The summed E-state index contributed by atoms with van der Waals surface area (Å²) in [4.78, 5) is 0. The molecule has 0 radical (unpaired) electrons. The zero-order valence-electron chi connectivity index (χ0n) is 8.14. The van der Waals surface area contributed by atoms with E-state index in [1.165, 1.54) is 0 Å². The maximum absolute atomic E-state index is 12.9. The average molecular weight is 215 g/mol. The molecule has 0 amide bonds. The minimum Gasteiger partial charge on any atom is -0.324 e. The van der Waals surface area contributed by atoms with Gasteiger partial charge in [0, 0.05) is 6.04 Å². The maximum atomic E-state index is 12.9. The third-order valence-electron chi connectivity index (χ3n) is 3.05. The standard InChI is InChI=1S/C11H12F3N/c12-8-4-7(5-9(13)10(8)14)11(15)6-2-1-3-6/h4-6,11H,1-3,15H2/t11-/m0/s1. The molecule has 2 N–H and O–H groups in total. The number of rotatable bonds is 2. The van der Waals surface area contributed by atoms with Crippen molar-refractivity contribution < 1.29 is 13.2 Å². The van der Waals surface area contributed by atoms with Crippen LogP contribution in [0.1, 0.15) is 30.9 Å². The van der Waals surface area contributed by atoms with Crippen molar-refractivity contribution in [1.29, 1.82) is 0 Å².